The van der Waals surface area contributed by atoms with E-state index in [1.54, 1.807) is 11.3 Å². The zero-order chi connectivity index (χ0) is 16.1. The lowest BCUT2D eigenvalue weighted by atomic mass is 10.1. The zero-order valence-corrected chi connectivity index (χ0v) is 14.0. The van der Waals surface area contributed by atoms with Crippen molar-refractivity contribution in [2.75, 3.05) is 44.2 Å². The number of thiazole rings is 1. The number of amides is 2. The smallest absolute Gasteiger partial charge is 0.242 e. The number of carbonyl (C=O) groups is 2. The Morgan fingerprint density at radius 3 is 2.91 bits per heavy atom. The van der Waals surface area contributed by atoms with Crippen molar-refractivity contribution >= 4 is 28.3 Å². The first-order valence-electron chi connectivity index (χ1n) is 8.16. The van der Waals surface area contributed by atoms with Crippen molar-refractivity contribution in [1.29, 1.82) is 0 Å². The molecule has 0 unspecified atom stereocenters. The number of anilines is 1. The third kappa shape index (κ3) is 4.42. The highest BCUT2D eigenvalue weighted by Gasteiger charge is 2.25. The third-order valence-corrected chi connectivity index (χ3v) is 5.13. The summed E-state index contributed by atoms with van der Waals surface area (Å²) >= 11 is 1.64. The standard InChI is InChI=1S/C15H23N5O2S/c21-13(18-12-3-1-2-4-16-14(12)22)11-19-6-8-20(9-7-19)15-17-5-10-23-15/h5,10,12H,1-4,6-9,11H2,(H,16,22)(H,18,21)/t12-/m0/s1. The molecule has 0 saturated carbocycles. The minimum Gasteiger partial charge on any atom is -0.354 e. The minimum atomic E-state index is -0.374. The van der Waals surface area contributed by atoms with Gasteiger partial charge < -0.3 is 15.5 Å². The van der Waals surface area contributed by atoms with Crippen LogP contribution in [0.25, 0.3) is 0 Å². The van der Waals surface area contributed by atoms with Crippen molar-refractivity contribution in [3.05, 3.63) is 11.6 Å². The molecule has 2 fully saturated rings. The maximum atomic E-state index is 12.2. The number of carbonyl (C=O) groups excluding carboxylic acids is 2. The predicted octanol–water partition coefficient (Wildman–Crippen LogP) is 0.0500. The Bertz CT molecular complexity index is 528. The van der Waals surface area contributed by atoms with Gasteiger partial charge in [0.25, 0.3) is 0 Å². The molecule has 7 nitrogen and oxygen atoms in total. The van der Waals surface area contributed by atoms with Crippen LogP contribution in [0.5, 0.6) is 0 Å². The van der Waals surface area contributed by atoms with Gasteiger partial charge in [0.1, 0.15) is 6.04 Å². The summed E-state index contributed by atoms with van der Waals surface area (Å²) in [7, 11) is 0. The van der Waals surface area contributed by atoms with E-state index in [0.717, 1.165) is 50.6 Å². The van der Waals surface area contributed by atoms with Crippen LogP contribution in [0, 0.1) is 0 Å². The SMILES string of the molecule is O=C(CN1CCN(c2nccs2)CC1)N[C@H]1CCCCNC1=O. The fraction of sp³-hybridized carbons (Fsp3) is 0.667. The van der Waals surface area contributed by atoms with Crippen LogP contribution in [0.3, 0.4) is 0 Å². The van der Waals surface area contributed by atoms with E-state index >= 15 is 0 Å². The molecule has 8 heteroatoms. The maximum Gasteiger partial charge on any atom is 0.242 e. The summed E-state index contributed by atoms with van der Waals surface area (Å²) in [5.41, 5.74) is 0. The van der Waals surface area contributed by atoms with Gasteiger partial charge >= 0.3 is 0 Å². The van der Waals surface area contributed by atoms with Gasteiger partial charge in [0.15, 0.2) is 5.13 Å². The number of hydrogen-bond donors (Lipinski definition) is 2. The summed E-state index contributed by atoms with van der Waals surface area (Å²) in [5, 5.41) is 8.75. The summed E-state index contributed by atoms with van der Waals surface area (Å²) in [6.07, 6.45) is 4.50. The van der Waals surface area contributed by atoms with E-state index in [9.17, 15) is 9.59 Å². The zero-order valence-electron chi connectivity index (χ0n) is 13.2. The Hall–Kier alpha value is -1.67. The normalized spacial score (nSPS) is 23.2. The van der Waals surface area contributed by atoms with Gasteiger partial charge in [-0.05, 0) is 19.3 Å². The summed E-state index contributed by atoms with van der Waals surface area (Å²) in [6, 6.07) is -0.374. The van der Waals surface area contributed by atoms with Gasteiger partial charge in [0, 0.05) is 44.3 Å². The van der Waals surface area contributed by atoms with Gasteiger partial charge in [-0.1, -0.05) is 0 Å². The Labute approximate surface area is 140 Å². The molecule has 0 bridgehead atoms. The molecule has 2 saturated heterocycles. The molecule has 2 amide bonds. The summed E-state index contributed by atoms with van der Waals surface area (Å²) < 4.78 is 0. The maximum absolute atomic E-state index is 12.2. The molecular weight excluding hydrogens is 314 g/mol. The summed E-state index contributed by atoms with van der Waals surface area (Å²) in [4.78, 5) is 32.8. The van der Waals surface area contributed by atoms with E-state index in [4.69, 9.17) is 0 Å². The molecule has 126 valence electrons. The van der Waals surface area contributed by atoms with E-state index in [-0.39, 0.29) is 17.9 Å². The molecule has 2 N–H and O–H groups in total. The molecule has 0 aromatic carbocycles. The average molecular weight is 337 g/mol. The lowest BCUT2D eigenvalue weighted by Crippen LogP contribution is -2.52. The molecule has 3 heterocycles. The lowest BCUT2D eigenvalue weighted by molar-refractivity contribution is -0.129. The first kappa shape index (κ1) is 16.2. The van der Waals surface area contributed by atoms with Crippen molar-refractivity contribution in [3.8, 4) is 0 Å². The van der Waals surface area contributed by atoms with Crippen LogP contribution in [0.2, 0.25) is 0 Å². The molecule has 1 aromatic rings. The van der Waals surface area contributed by atoms with Crippen LogP contribution in [0.1, 0.15) is 19.3 Å². The first-order chi connectivity index (χ1) is 11.2. The van der Waals surface area contributed by atoms with Crippen LogP contribution >= 0.6 is 11.3 Å². The van der Waals surface area contributed by atoms with Crippen LogP contribution in [0.15, 0.2) is 11.6 Å². The van der Waals surface area contributed by atoms with E-state index in [1.807, 2.05) is 11.6 Å². The Balaban J connectivity index is 1.43. The fourth-order valence-corrected chi connectivity index (χ4v) is 3.69. The van der Waals surface area contributed by atoms with Gasteiger partial charge in [-0.2, -0.15) is 0 Å². The molecule has 3 rings (SSSR count). The molecule has 0 radical (unpaired) electrons. The topological polar surface area (TPSA) is 77.6 Å². The van der Waals surface area contributed by atoms with Gasteiger partial charge in [-0.15, -0.1) is 11.3 Å². The van der Waals surface area contributed by atoms with E-state index in [2.05, 4.69) is 25.4 Å². The van der Waals surface area contributed by atoms with Gasteiger partial charge in [0.2, 0.25) is 11.8 Å². The first-order valence-corrected chi connectivity index (χ1v) is 9.04. The van der Waals surface area contributed by atoms with Crippen molar-refractivity contribution in [1.82, 2.24) is 20.5 Å². The van der Waals surface area contributed by atoms with Crippen LogP contribution in [-0.4, -0.2) is 67.0 Å². The highest BCUT2D eigenvalue weighted by Crippen LogP contribution is 2.18. The second kappa shape index (κ2) is 7.74. The van der Waals surface area contributed by atoms with Crippen molar-refractivity contribution in [2.24, 2.45) is 0 Å². The molecule has 23 heavy (non-hydrogen) atoms. The van der Waals surface area contributed by atoms with Crippen molar-refractivity contribution in [2.45, 2.75) is 25.3 Å². The largest absolute Gasteiger partial charge is 0.354 e. The monoisotopic (exact) mass is 337 g/mol. The van der Waals surface area contributed by atoms with Crippen molar-refractivity contribution in [3.63, 3.8) is 0 Å². The Morgan fingerprint density at radius 2 is 2.17 bits per heavy atom. The highest BCUT2D eigenvalue weighted by atomic mass is 32.1. The minimum absolute atomic E-state index is 0.0514. The fourth-order valence-electron chi connectivity index (χ4n) is 2.99. The number of nitrogens with zero attached hydrogens (tertiary/aromatic N) is 3. The van der Waals surface area contributed by atoms with E-state index < -0.39 is 0 Å². The van der Waals surface area contributed by atoms with Gasteiger partial charge in [-0.25, -0.2) is 4.98 Å². The molecular formula is C15H23N5O2S. The molecule has 0 aliphatic carbocycles. The molecule has 1 atom stereocenters. The predicted molar refractivity (Wildman–Crippen MR) is 89.6 cm³/mol. The second-order valence-corrected chi connectivity index (χ2v) is 6.86. The molecule has 2 aliphatic heterocycles. The number of nitrogens with one attached hydrogen (secondary N) is 2. The van der Waals surface area contributed by atoms with Crippen LogP contribution in [-0.2, 0) is 9.59 Å². The van der Waals surface area contributed by atoms with E-state index in [1.165, 1.54) is 0 Å². The second-order valence-electron chi connectivity index (χ2n) is 5.98. The molecule has 2 aliphatic rings. The third-order valence-electron chi connectivity index (χ3n) is 4.30. The van der Waals surface area contributed by atoms with Crippen LogP contribution < -0.4 is 15.5 Å². The summed E-state index contributed by atoms with van der Waals surface area (Å²) in [6.45, 7) is 4.50. The van der Waals surface area contributed by atoms with Gasteiger partial charge in [0.05, 0.1) is 6.54 Å². The number of rotatable bonds is 4. The Kier molecular flexibility index (Phi) is 5.45. The van der Waals surface area contributed by atoms with Crippen LogP contribution in [0.4, 0.5) is 5.13 Å². The number of piperazine rings is 1. The summed E-state index contributed by atoms with van der Waals surface area (Å²) in [5.74, 6) is -0.112. The quantitative estimate of drug-likeness (QED) is 0.812. The Morgan fingerprint density at radius 1 is 1.35 bits per heavy atom. The van der Waals surface area contributed by atoms with Crippen molar-refractivity contribution < 1.29 is 9.59 Å². The molecule has 0 spiro atoms. The number of hydrogen-bond acceptors (Lipinski definition) is 6. The molecule has 1 aromatic heterocycles. The highest BCUT2D eigenvalue weighted by molar-refractivity contribution is 7.13. The number of aromatic nitrogens is 1. The average Bonchev–Trinajstić information content (AvgIpc) is 3.01. The lowest BCUT2D eigenvalue weighted by Gasteiger charge is -2.34. The van der Waals surface area contributed by atoms with E-state index in [0.29, 0.717) is 13.1 Å². The van der Waals surface area contributed by atoms with Gasteiger partial charge in [-0.3, -0.25) is 14.5 Å².